The highest BCUT2D eigenvalue weighted by molar-refractivity contribution is 6.35. The zero-order valence-electron chi connectivity index (χ0n) is 11.9. The van der Waals surface area contributed by atoms with Gasteiger partial charge < -0.3 is 19.2 Å². The summed E-state index contributed by atoms with van der Waals surface area (Å²) in [5, 5.41) is 3.28. The van der Waals surface area contributed by atoms with E-state index in [9.17, 15) is 9.59 Å². The van der Waals surface area contributed by atoms with Gasteiger partial charge in [0, 0.05) is 5.02 Å². The highest BCUT2D eigenvalue weighted by atomic mass is 35.5. The van der Waals surface area contributed by atoms with Crippen LogP contribution < -0.4 is 10.1 Å². The molecule has 6 nitrogen and oxygen atoms in total. The standard InChI is InChI=1S/C15H13Cl2NO5/c16-10-3-4-13(12(17)6-10)22-9-15(20)23-8-14(19)18-7-11-2-1-5-21-11/h1-6H,7-9H2,(H,18,19). The third-order valence-electron chi connectivity index (χ3n) is 2.64. The van der Waals surface area contributed by atoms with Gasteiger partial charge in [0.2, 0.25) is 0 Å². The number of ether oxygens (including phenoxy) is 2. The number of hydrogen-bond donors (Lipinski definition) is 1. The Morgan fingerprint density at radius 2 is 2.00 bits per heavy atom. The van der Waals surface area contributed by atoms with Crippen LogP contribution in [0.5, 0.6) is 5.75 Å². The summed E-state index contributed by atoms with van der Waals surface area (Å²) >= 11 is 11.6. The predicted octanol–water partition coefficient (Wildman–Crippen LogP) is 2.82. The molecule has 0 bridgehead atoms. The van der Waals surface area contributed by atoms with Crippen LogP contribution in [-0.2, 0) is 20.9 Å². The third kappa shape index (κ3) is 5.84. The highest BCUT2D eigenvalue weighted by Gasteiger charge is 2.10. The van der Waals surface area contributed by atoms with Gasteiger partial charge in [-0.05, 0) is 30.3 Å². The fourth-order valence-electron chi connectivity index (χ4n) is 1.57. The molecule has 0 saturated heterocycles. The minimum atomic E-state index is -0.691. The van der Waals surface area contributed by atoms with Crippen molar-refractivity contribution >= 4 is 35.1 Å². The molecule has 0 aliphatic rings. The molecular formula is C15H13Cl2NO5. The molecule has 0 fully saturated rings. The molecule has 0 atom stereocenters. The van der Waals surface area contributed by atoms with E-state index in [2.05, 4.69) is 5.32 Å². The molecule has 1 N–H and O–H groups in total. The monoisotopic (exact) mass is 357 g/mol. The number of furan rings is 1. The first kappa shape index (κ1) is 17.2. The molecule has 0 aliphatic carbocycles. The second-order valence-electron chi connectivity index (χ2n) is 4.38. The van der Waals surface area contributed by atoms with Crippen molar-refractivity contribution in [2.75, 3.05) is 13.2 Å². The van der Waals surface area contributed by atoms with E-state index in [1.807, 2.05) is 0 Å². The van der Waals surface area contributed by atoms with Crippen molar-refractivity contribution in [1.82, 2.24) is 5.32 Å². The first-order valence-electron chi connectivity index (χ1n) is 6.57. The maximum Gasteiger partial charge on any atom is 0.344 e. The van der Waals surface area contributed by atoms with Crippen LogP contribution in [0, 0.1) is 0 Å². The normalized spacial score (nSPS) is 10.2. The Morgan fingerprint density at radius 1 is 1.17 bits per heavy atom. The Balaban J connectivity index is 1.67. The second kappa shape index (κ2) is 8.45. The van der Waals surface area contributed by atoms with Gasteiger partial charge >= 0.3 is 5.97 Å². The summed E-state index contributed by atoms with van der Waals surface area (Å²) < 4.78 is 15.0. The molecule has 8 heteroatoms. The summed E-state index contributed by atoms with van der Waals surface area (Å²) in [7, 11) is 0. The van der Waals surface area contributed by atoms with Crippen molar-refractivity contribution in [1.29, 1.82) is 0 Å². The zero-order chi connectivity index (χ0) is 16.7. The van der Waals surface area contributed by atoms with Gasteiger partial charge in [-0.15, -0.1) is 0 Å². The highest BCUT2D eigenvalue weighted by Crippen LogP contribution is 2.27. The summed E-state index contributed by atoms with van der Waals surface area (Å²) in [5.74, 6) is -0.232. The van der Waals surface area contributed by atoms with E-state index >= 15 is 0 Å². The number of nitrogens with one attached hydrogen (secondary N) is 1. The number of esters is 1. The van der Waals surface area contributed by atoms with E-state index in [0.717, 1.165) is 0 Å². The van der Waals surface area contributed by atoms with Crippen molar-refractivity contribution in [3.05, 3.63) is 52.4 Å². The number of amides is 1. The molecule has 1 aromatic heterocycles. The lowest BCUT2D eigenvalue weighted by Crippen LogP contribution is -2.29. The Hall–Kier alpha value is -2.18. The van der Waals surface area contributed by atoms with Crippen LogP contribution >= 0.6 is 23.2 Å². The van der Waals surface area contributed by atoms with Gasteiger partial charge in [-0.1, -0.05) is 23.2 Å². The number of carbonyl (C=O) groups excluding carboxylic acids is 2. The van der Waals surface area contributed by atoms with Crippen molar-refractivity contribution in [3.8, 4) is 5.75 Å². The number of carbonyl (C=O) groups is 2. The van der Waals surface area contributed by atoms with Crippen molar-refractivity contribution in [2.45, 2.75) is 6.54 Å². The van der Waals surface area contributed by atoms with E-state index in [4.69, 9.17) is 37.1 Å². The molecule has 23 heavy (non-hydrogen) atoms. The summed E-state index contributed by atoms with van der Waals surface area (Å²) in [6.45, 7) is -0.551. The van der Waals surface area contributed by atoms with Crippen molar-refractivity contribution in [3.63, 3.8) is 0 Å². The SMILES string of the molecule is O=C(COC(=O)COc1ccc(Cl)cc1Cl)NCc1ccco1. The number of rotatable bonds is 7. The molecule has 1 amide bonds. The molecular weight excluding hydrogens is 345 g/mol. The summed E-state index contributed by atoms with van der Waals surface area (Å²) in [5.41, 5.74) is 0. The summed E-state index contributed by atoms with van der Waals surface area (Å²) in [4.78, 5) is 23.0. The number of halogens is 2. The van der Waals surface area contributed by atoms with Gasteiger partial charge in [-0.2, -0.15) is 0 Å². The first-order valence-corrected chi connectivity index (χ1v) is 7.33. The largest absolute Gasteiger partial charge is 0.480 e. The number of hydrogen-bond acceptors (Lipinski definition) is 5. The van der Waals surface area contributed by atoms with Gasteiger partial charge in [-0.25, -0.2) is 4.79 Å². The Bertz CT molecular complexity index is 673. The van der Waals surface area contributed by atoms with E-state index in [0.29, 0.717) is 16.5 Å². The first-order chi connectivity index (χ1) is 11.0. The van der Waals surface area contributed by atoms with Gasteiger partial charge in [0.15, 0.2) is 13.2 Å². The topological polar surface area (TPSA) is 77.8 Å². The van der Waals surface area contributed by atoms with Gasteiger partial charge in [0.1, 0.15) is 11.5 Å². The van der Waals surface area contributed by atoms with Crippen LogP contribution in [0.4, 0.5) is 0 Å². The molecule has 1 aromatic carbocycles. The van der Waals surface area contributed by atoms with Crippen molar-refractivity contribution < 1.29 is 23.5 Å². The van der Waals surface area contributed by atoms with Gasteiger partial charge in [0.05, 0.1) is 17.8 Å². The Morgan fingerprint density at radius 3 is 2.70 bits per heavy atom. The summed E-state index contributed by atoms with van der Waals surface area (Å²) in [6, 6.07) is 8.03. The minimum absolute atomic E-state index is 0.222. The lowest BCUT2D eigenvalue weighted by molar-refractivity contribution is -0.150. The fourth-order valence-corrected chi connectivity index (χ4v) is 2.03. The lowest BCUT2D eigenvalue weighted by atomic mass is 10.3. The van der Waals surface area contributed by atoms with Crippen LogP contribution in [0.1, 0.15) is 5.76 Å². The molecule has 0 unspecified atom stereocenters. The molecule has 2 aromatic rings. The van der Waals surface area contributed by atoms with E-state index in [-0.39, 0.29) is 18.2 Å². The molecule has 0 saturated carbocycles. The van der Waals surface area contributed by atoms with Crippen LogP contribution in [0.25, 0.3) is 0 Å². The molecule has 0 radical (unpaired) electrons. The maximum absolute atomic E-state index is 11.5. The molecule has 122 valence electrons. The molecule has 1 heterocycles. The molecule has 0 aliphatic heterocycles. The molecule has 0 spiro atoms. The summed E-state index contributed by atoms with van der Waals surface area (Å²) in [6.07, 6.45) is 1.50. The smallest absolute Gasteiger partial charge is 0.344 e. The third-order valence-corrected chi connectivity index (χ3v) is 3.17. The van der Waals surface area contributed by atoms with E-state index < -0.39 is 18.5 Å². The average molecular weight is 358 g/mol. The Labute approximate surface area is 142 Å². The second-order valence-corrected chi connectivity index (χ2v) is 5.22. The lowest BCUT2D eigenvalue weighted by Gasteiger charge is -2.08. The van der Waals surface area contributed by atoms with Crippen LogP contribution in [-0.4, -0.2) is 25.1 Å². The minimum Gasteiger partial charge on any atom is -0.480 e. The van der Waals surface area contributed by atoms with Gasteiger partial charge in [0.25, 0.3) is 5.91 Å². The van der Waals surface area contributed by atoms with E-state index in [1.54, 1.807) is 18.2 Å². The predicted molar refractivity (Wildman–Crippen MR) is 83.5 cm³/mol. The van der Waals surface area contributed by atoms with Crippen LogP contribution in [0.15, 0.2) is 41.0 Å². The molecule has 2 rings (SSSR count). The van der Waals surface area contributed by atoms with E-state index in [1.165, 1.54) is 18.4 Å². The number of benzene rings is 1. The quantitative estimate of drug-likeness (QED) is 0.770. The average Bonchev–Trinajstić information content (AvgIpc) is 3.03. The van der Waals surface area contributed by atoms with Crippen molar-refractivity contribution in [2.24, 2.45) is 0 Å². The zero-order valence-corrected chi connectivity index (χ0v) is 13.4. The fraction of sp³-hybridized carbons (Fsp3) is 0.200. The van der Waals surface area contributed by atoms with Crippen LogP contribution in [0.3, 0.4) is 0 Å². The van der Waals surface area contributed by atoms with Crippen LogP contribution in [0.2, 0.25) is 10.0 Å². The Kier molecular flexibility index (Phi) is 6.31. The van der Waals surface area contributed by atoms with Gasteiger partial charge in [-0.3, -0.25) is 4.79 Å². The maximum atomic E-state index is 11.5.